The maximum Gasteiger partial charge on any atom is 0.122 e. The second-order valence-electron chi connectivity index (χ2n) is 3.26. The van der Waals surface area contributed by atoms with Crippen LogP contribution >= 0.6 is 0 Å². The van der Waals surface area contributed by atoms with E-state index < -0.39 is 0 Å². The van der Waals surface area contributed by atoms with E-state index in [1.54, 1.807) is 0 Å². The Balaban J connectivity index is 0.000000213. The average molecular weight is 206 g/mol. The van der Waals surface area contributed by atoms with Gasteiger partial charge >= 0.3 is 0 Å². The van der Waals surface area contributed by atoms with Crippen molar-refractivity contribution in [1.29, 1.82) is 0 Å². The highest BCUT2D eigenvalue weighted by molar-refractivity contribution is 6.09. The Hall–Kier alpha value is -1.02. The Morgan fingerprint density at radius 3 is 2.79 bits per heavy atom. The fraction of sp³-hybridized carbons (Fsp3) is 0.333. The molecule has 1 aliphatic heterocycles. The maximum atomic E-state index is 5.42. The zero-order valence-corrected chi connectivity index (χ0v) is 10.8. The molecule has 0 radical (unpaired) electrons. The van der Waals surface area contributed by atoms with Crippen LogP contribution in [0, 0.1) is 0 Å². The Labute approximate surface area is 89.2 Å². The summed E-state index contributed by atoms with van der Waals surface area (Å²) in [6.07, 6.45) is 4.28. The molecule has 0 unspecified atom stereocenters. The molecule has 1 aromatic rings. The molecule has 0 aliphatic carbocycles. The molecule has 0 spiro atoms. The minimum atomic E-state index is 0.886. The van der Waals surface area contributed by atoms with Gasteiger partial charge in [-0.1, -0.05) is 24.3 Å². The fourth-order valence-electron chi connectivity index (χ4n) is 1.30. The molecule has 2 rings (SSSR count). The Morgan fingerprint density at radius 1 is 1.43 bits per heavy atom. The third kappa shape index (κ3) is 3.38. The number of aryl methyl sites for hydroxylation is 1. The van der Waals surface area contributed by atoms with Crippen LogP contribution in [0.4, 0.5) is 0 Å². The van der Waals surface area contributed by atoms with Crippen LogP contribution in [0.15, 0.2) is 36.9 Å². The van der Waals surface area contributed by atoms with E-state index >= 15 is 0 Å². The number of benzene rings is 1. The average Bonchev–Trinajstić information content (AvgIpc) is 2.30. The molecular formula is C12H18OSi. The van der Waals surface area contributed by atoms with Crippen LogP contribution < -0.4 is 4.74 Å². The molecule has 76 valence electrons. The summed E-state index contributed by atoms with van der Waals surface area (Å²) in [4.78, 5) is 0. The van der Waals surface area contributed by atoms with E-state index in [1.807, 2.05) is 18.2 Å². The van der Waals surface area contributed by atoms with Gasteiger partial charge in [-0.3, -0.25) is 0 Å². The smallest absolute Gasteiger partial charge is 0.122 e. The van der Waals surface area contributed by atoms with Crippen molar-refractivity contribution in [1.82, 2.24) is 0 Å². The molecule has 0 saturated heterocycles. The molecule has 1 heterocycles. The van der Waals surface area contributed by atoms with E-state index in [0.717, 1.165) is 18.8 Å². The molecule has 1 aliphatic rings. The molecule has 0 bridgehead atoms. The second kappa shape index (κ2) is 6.43. The zero-order chi connectivity index (χ0) is 10.2. The molecule has 0 aromatic heterocycles. The van der Waals surface area contributed by atoms with Crippen molar-refractivity contribution >= 4 is 10.2 Å². The normalized spacial score (nSPS) is 13.1. The first kappa shape index (κ1) is 11.1. The SMILES string of the molecule is C=CC[SiH3].c1ccc2c(c1)CCCO2. The van der Waals surface area contributed by atoms with E-state index in [4.69, 9.17) is 4.74 Å². The third-order valence-corrected chi connectivity index (χ3v) is 2.69. The number of para-hydroxylation sites is 1. The number of fused-ring (bicyclic) bond motifs is 1. The molecule has 2 heteroatoms. The number of hydrogen-bond donors (Lipinski definition) is 0. The molecule has 0 amide bonds. The quantitative estimate of drug-likeness (QED) is 0.504. The largest absolute Gasteiger partial charge is 0.493 e. The monoisotopic (exact) mass is 206 g/mol. The predicted molar refractivity (Wildman–Crippen MR) is 65.2 cm³/mol. The summed E-state index contributed by atoms with van der Waals surface area (Å²) in [6, 6.07) is 9.47. The molecule has 14 heavy (non-hydrogen) atoms. The minimum Gasteiger partial charge on any atom is -0.493 e. The highest BCUT2D eigenvalue weighted by Gasteiger charge is 2.06. The molecule has 0 N–H and O–H groups in total. The lowest BCUT2D eigenvalue weighted by atomic mass is 10.1. The van der Waals surface area contributed by atoms with Gasteiger partial charge in [-0.2, -0.15) is 0 Å². The maximum absolute atomic E-state index is 5.42. The first-order chi connectivity index (χ1) is 6.88. The summed E-state index contributed by atoms with van der Waals surface area (Å²) in [5.74, 6) is 1.08. The Kier molecular flexibility index (Phi) is 5.08. The topological polar surface area (TPSA) is 9.23 Å². The summed E-state index contributed by atoms with van der Waals surface area (Å²) >= 11 is 0. The number of ether oxygens (including phenoxy) is 1. The van der Waals surface area contributed by atoms with Crippen molar-refractivity contribution in [3.05, 3.63) is 42.5 Å². The highest BCUT2D eigenvalue weighted by Crippen LogP contribution is 2.22. The summed E-state index contributed by atoms with van der Waals surface area (Å²) in [5, 5.41) is 0. The van der Waals surface area contributed by atoms with E-state index in [2.05, 4.69) is 18.7 Å². The van der Waals surface area contributed by atoms with E-state index in [0.29, 0.717) is 0 Å². The van der Waals surface area contributed by atoms with Gasteiger partial charge in [-0.05, 0) is 30.5 Å². The van der Waals surface area contributed by atoms with Gasteiger partial charge in [-0.25, -0.2) is 0 Å². The minimum absolute atomic E-state index is 0.886. The number of allylic oxidation sites excluding steroid dienone is 1. The van der Waals surface area contributed by atoms with Crippen LogP contribution in [-0.2, 0) is 6.42 Å². The zero-order valence-electron chi connectivity index (χ0n) is 8.83. The lowest BCUT2D eigenvalue weighted by Crippen LogP contribution is -2.07. The van der Waals surface area contributed by atoms with Crippen molar-refractivity contribution in [2.75, 3.05) is 6.61 Å². The van der Waals surface area contributed by atoms with Crippen molar-refractivity contribution in [2.24, 2.45) is 0 Å². The highest BCUT2D eigenvalue weighted by atomic mass is 28.1. The van der Waals surface area contributed by atoms with Gasteiger partial charge in [0.05, 0.1) is 6.61 Å². The third-order valence-electron chi connectivity index (χ3n) is 2.11. The molecule has 0 fully saturated rings. The fourth-order valence-corrected chi connectivity index (χ4v) is 1.30. The van der Waals surface area contributed by atoms with Crippen LogP contribution in [0.5, 0.6) is 5.75 Å². The van der Waals surface area contributed by atoms with Gasteiger partial charge in [0.15, 0.2) is 0 Å². The standard InChI is InChI=1S/C9H10O.C3H8Si/c1-2-6-9-8(4-1)5-3-7-10-9;1-2-3-4/h1-2,4,6H,3,5,7H2;2H,1,3H2,4H3. The number of hydrogen-bond acceptors (Lipinski definition) is 1. The lowest BCUT2D eigenvalue weighted by Gasteiger charge is -2.15. The molecule has 0 atom stereocenters. The van der Waals surface area contributed by atoms with Gasteiger partial charge in [0.2, 0.25) is 0 Å². The molecule has 1 nitrogen and oxygen atoms in total. The van der Waals surface area contributed by atoms with Crippen LogP contribution in [0.1, 0.15) is 12.0 Å². The van der Waals surface area contributed by atoms with Crippen LogP contribution in [0.3, 0.4) is 0 Å². The van der Waals surface area contributed by atoms with Gasteiger partial charge < -0.3 is 4.74 Å². The summed E-state index contributed by atoms with van der Waals surface area (Å²) in [7, 11) is 1.27. The summed E-state index contributed by atoms with van der Waals surface area (Å²) in [5.41, 5.74) is 1.36. The van der Waals surface area contributed by atoms with Crippen molar-refractivity contribution in [2.45, 2.75) is 18.9 Å². The van der Waals surface area contributed by atoms with Crippen LogP contribution in [-0.4, -0.2) is 16.8 Å². The second-order valence-corrected chi connectivity index (χ2v) is 4.07. The van der Waals surface area contributed by atoms with E-state index in [-0.39, 0.29) is 0 Å². The number of rotatable bonds is 1. The van der Waals surface area contributed by atoms with Crippen LogP contribution in [0.2, 0.25) is 6.04 Å². The van der Waals surface area contributed by atoms with E-state index in [1.165, 1.54) is 28.3 Å². The summed E-state index contributed by atoms with van der Waals surface area (Å²) < 4.78 is 5.42. The first-order valence-corrected chi connectivity index (χ1v) is 6.61. The van der Waals surface area contributed by atoms with Crippen molar-refractivity contribution in [3.8, 4) is 5.75 Å². The summed E-state index contributed by atoms with van der Waals surface area (Å²) in [6.45, 7) is 4.40. The van der Waals surface area contributed by atoms with Gasteiger partial charge in [0, 0.05) is 10.2 Å². The molecule has 0 saturated carbocycles. The van der Waals surface area contributed by atoms with Crippen molar-refractivity contribution < 1.29 is 4.74 Å². The lowest BCUT2D eigenvalue weighted by molar-refractivity contribution is 0.288. The molecular weight excluding hydrogens is 188 g/mol. The van der Waals surface area contributed by atoms with Gasteiger partial charge in [-0.15, -0.1) is 6.58 Å². The van der Waals surface area contributed by atoms with E-state index in [9.17, 15) is 0 Å². The molecule has 1 aromatic carbocycles. The first-order valence-electron chi connectivity index (χ1n) is 5.20. The predicted octanol–water partition coefficient (Wildman–Crippen LogP) is 1.97. The van der Waals surface area contributed by atoms with Gasteiger partial charge in [0.1, 0.15) is 5.75 Å². The Morgan fingerprint density at radius 2 is 2.14 bits per heavy atom. The Bertz CT molecular complexity index is 258. The van der Waals surface area contributed by atoms with Gasteiger partial charge in [0.25, 0.3) is 0 Å². The van der Waals surface area contributed by atoms with Crippen LogP contribution in [0.25, 0.3) is 0 Å². The van der Waals surface area contributed by atoms with Crippen molar-refractivity contribution in [3.63, 3.8) is 0 Å².